The van der Waals surface area contributed by atoms with E-state index in [-0.39, 0.29) is 0 Å². The molecule has 1 aliphatic heterocycles. The molecule has 0 aliphatic carbocycles. The maximum atomic E-state index is 2.42. The van der Waals surface area contributed by atoms with E-state index in [0.29, 0.717) is 5.25 Å². The Morgan fingerprint density at radius 3 is 1.66 bits per heavy atom. The molecule has 7 aromatic rings. The highest BCUT2D eigenvalue weighted by Gasteiger charge is 2.18. The van der Waals surface area contributed by atoms with Crippen LogP contribution in [0.15, 0.2) is 78.9 Å². The monoisotopic (exact) mass is 564 g/mol. The van der Waals surface area contributed by atoms with Gasteiger partial charge in [0.2, 0.25) is 0 Å². The largest absolute Gasteiger partial charge is 0.140 e. The van der Waals surface area contributed by atoms with Gasteiger partial charge in [-0.2, -0.15) is 0 Å². The quantitative estimate of drug-likeness (QED) is 0.188. The molecule has 38 heavy (non-hydrogen) atoms. The van der Waals surface area contributed by atoms with Gasteiger partial charge in [-0.05, 0) is 69.9 Å². The highest BCUT2D eigenvalue weighted by molar-refractivity contribution is 8.09. The van der Waals surface area contributed by atoms with Crippen LogP contribution >= 0.6 is 45.8 Å². The van der Waals surface area contributed by atoms with Crippen LogP contribution < -0.4 is 0 Å². The fourth-order valence-electron chi connectivity index (χ4n) is 5.59. The van der Waals surface area contributed by atoms with E-state index in [2.05, 4.69) is 92.7 Å². The first-order valence-electron chi connectivity index (χ1n) is 13.3. The third kappa shape index (κ3) is 3.84. The second kappa shape index (κ2) is 9.53. The number of fused-ring (bicyclic) bond motifs is 9. The van der Waals surface area contributed by atoms with Crippen molar-refractivity contribution in [2.75, 3.05) is 0 Å². The van der Waals surface area contributed by atoms with Gasteiger partial charge in [-0.25, -0.2) is 0 Å². The SMILES string of the molecule is CC.Cc1ccc(-c2cc3ccc4c5ccc6c(ccc7cc(C8=CCC(C)S8)sc76)c5ccc4c3s2)s1. The average molecular weight is 565 g/mol. The summed E-state index contributed by atoms with van der Waals surface area (Å²) in [6.45, 7) is 8.50. The van der Waals surface area contributed by atoms with Crippen LogP contribution in [0.4, 0.5) is 0 Å². The molecule has 4 heteroatoms. The van der Waals surface area contributed by atoms with Crippen molar-refractivity contribution in [3.8, 4) is 9.75 Å². The van der Waals surface area contributed by atoms with Gasteiger partial charge in [0.05, 0.1) is 0 Å². The highest BCUT2D eigenvalue weighted by Crippen LogP contribution is 2.46. The van der Waals surface area contributed by atoms with E-state index in [9.17, 15) is 0 Å². The summed E-state index contributed by atoms with van der Waals surface area (Å²) in [5.41, 5.74) is 0. The van der Waals surface area contributed by atoms with Crippen molar-refractivity contribution < 1.29 is 0 Å². The molecule has 188 valence electrons. The number of benzene rings is 4. The zero-order valence-electron chi connectivity index (χ0n) is 21.9. The lowest BCUT2D eigenvalue weighted by Gasteiger charge is -2.09. The first-order chi connectivity index (χ1) is 18.6. The minimum absolute atomic E-state index is 0.694. The Morgan fingerprint density at radius 2 is 1.11 bits per heavy atom. The number of rotatable bonds is 2. The molecule has 3 aromatic heterocycles. The van der Waals surface area contributed by atoms with Gasteiger partial charge in [-0.15, -0.1) is 45.8 Å². The Kier molecular flexibility index (Phi) is 6.12. The van der Waals surface area contributed by atoms with Crippen molar-refractivity contribution in [2.24, 2.45) is 0 Å². The molecule has 0 fully saturated rings. The minimum Gasteiger partial charge on any atom is -0.140 e. The Hall–Kier alpha value is -2.63. The second-order valence-corrected chi connectivity index (χ2v) is 14.6. The summed E-state index contributed by atoms with van der Waals surface area (Å²) in [6.07, 6.45) is 3.60. The summed E-state index contributed by atoms with van der Waals surface area (Å²) in [5.74, 6) is 0. The molecule has 0 amide bonds. The van der Waals surface area contributed by atoms with Crippen LogP contribution in [-0.2, 0) is 0 Å². The minimum atomic E-state index is 0.694. The zero-order valence-corrected chi connectivity index (χ0v) is 25.2. The maximum absolute atomic E-state index is 2.42. The summed E-state index contributed by atoms with van der Waals surface area (Å²) in [5, 5.41) is 11.5. The third-order valence-electron chi connectivity index (χ3n) is 7.34. The molecular formula is C34H28S4. The Labute approximate surface area is 239 Å². The molecule has 0 saturated carbocycles. The van der Waals surface area contributed by atoms with Crippen molar-refractivity contribution in [1.29, 1.82) is 0 Å². The van der Waals surface area contributed by atoms with E-state index < -0.39 is 0 Å². The molecule has 4 aromatic carbocycles. The van der Waals surface area contributed by atoms with Gasteiger partial charge in [0, 0.05) is 49.8 Å². The van der Waals surface area contributed by atoms with Crippen LogP contribution in [0.1, 0.15) is 36.9 Å². The fourth-order valence-corrected chi connectivity index (χ4v) is 10.1. The Bertz CT molecular complexity index is 2030. The summed E-state index contributed by atoms with van der Waals surface area (Å²) < 4.78 is 2.81. The van der Waals surface area contributed by atoms with Crippen LogP contribution in [0.3, 0.4) is 0 Å². The summed E-state index contributed by atoms with van der Waals surface area (Å²) in [6, 6.07) is 27.9. The van der Waals surface area contributed by atoms with Gasteiger partial charge >= 0.3 is 0 Å². The van der Waals surface area contributed by atoms with Gasteiger partial charge in [-0.3, -0.25) is 0 Å². The molecule has 1 atom stereocenters. The molecule has 0 bridgehead atoms. The Morgan fingerprint density at radius 1 is 0.579 bits per heavy atom. The number of aryl methyl sites for hydroxylation is 1. The van der Waals surface area contributed by atoms with Gasteiger partial charge in [0.1, 0.15) is 0 Å². The van der Waals surface area contributed by atoms with Gasteiger partial charge in [0.25, 0.3) is 0 Å². The molecule has 0 nitrogen and oxygen atoms in total. The maximum Gasteiger partial charge on any atom is 0.0455 e. The van der Waals surface area contributed by atoms with Crippen molar-refractivity contribution >= 4 is 103 Å². The third-order valence-corrected chi connectivity index (χ3v) is 12.3. The highest BCUT2D eigenvalue weighted by atomic mass is 32.2. The van der Waals surface area contributed by atoms with Crippen molar-refractivity contribution in [2.45, 2.75) is 39.4 Å². The first kappa shape index (κ1) is 24.4. The lowest BCUT2D eigenvalue weighted by atomic mass is 9.96. The number of thioether (sulfide) groups is 1. The van der Waals surface area contributed by atoms with Crippen molar-refractivity contribution in [1.82, 2.24) is 0 Å². The Balaban J connectivity index is 0.00000118. The molecule has 4 heterocycles. The van der Waals surface area contributed by atoms with Crippen molar-refractivity contribution in [3.05, 3.63) is 88.6 Å². The normalized spacial score (nSPS) is 15.6. The van der Waals surface area contributed by atoms with Crippen LogP contribution in [-0.4, -0.2) is 5.25 Å². The molecule has 0 N–H and O–H groups in total. The van der Waals surface area contributed by atoms with Crippen LogP contribution in [0.2, 0.25) is 0 Å². The molecule has 0 saturated heterocycles. The van der Waals surface area contributed by atoms with Gasteiger partial charge in [-0.1, -0.05) is 75.4 Å². The summed E-state index contributed by atoms with van der Waals surface area (Å²) in [7, 11) is 0. The lowest BCUT2D eigenvalue weighted by molar-refractivity contribution is 1.00. The van der Waals surface area contributed by atoms with E-state index in [1.54, 1.807) is 0 Å². The molecular weight excluding hydrogens is 537 g/mol. The number of hydrogen-bond acceptors (Lipinski definition) is 4. The van der Waals surface area contributed by atoms with Crippen LogP contribution in [0.5, 0.6) is 0 Å². The molecule has 0 spiro atoms. The summed E-state index contributed by atoms with van der Waals surface area (Å²) in [4.78, 5) is 6.98. The standard InChI is InChI=1S/C32H22S4.C2H6/c1-17-3-13-27(33-17)29-15-19-5-7-23-21-10-12-26-24(22(21)9-11-25(23)31(19)35-29)8-6-20-16-30(36-32(20)26)28-14-4-18(2)34-28;1-2/h3,5-16,18H,4H2,1-2H3;1-2H3. The lowest BCUT2D eigenvalue weighted by Crippen LogP contribution is -1.83. The second-order valence-electron chi connectivity index (χ2n) is 9.75. The molecule has 1 unspecified atom stereocenters. The number of thiophene rings is 3. The van der Waals surface area contributed by atoms with Crippen LogP contribution in [0, 0.1) is 6.92 Å². The number of hydrogen-bond donors (Lipinski definition) is 0. The van der Waals surface area contributed by atoms with E-state index >= 15 is 0 Å². The first-order valence-corrected chi connectivity index (χ1v) is 16.6. The van der Waals surface area contributed by atoms with Gasteiger partial charge < -0.3 is 0 Å². The van der Waals surface area contributed by atoms with Gasteiger partial charge in [0.15, 0.2) is 0 Å². The predicted molar refractivity (Wildman–Crippen MR) is 179 cm³/mol. The fraction of sp³-hybridized carbons (Fsp3) is 0.176. The molecule has 0 radical (unpaired) electrons. The average Bonchev–Trinajstić information content (AvgIpc) is 3.74. The van der Waals surface area contributed by atoms with Crippen molar-refractivity contribution in [3.63, 3.8) is 0 Å². The molecule has 8 rings (SSSR count). The van der Waals surface area contributed by atoms with E-state index in [1.807, 2.05) is 59.6 Å². The molecule has 1 aliphatic rings. The van der Waals surface area contributed by atoms with E-state index in [0.717, 1.165) is 0 Å². The zero-order chi connectivity index (χ0) is 26.0. The smallest absolute Gasteiger partial charge is 0.0455 e. The van der Waals surface area contributed by atoms with E-state index in [1.165, 1.54) is 83.3 Å². The van der Waals surface area contributed by atoms with Crippen LogP contribution in [0.25, 0.3) is 67.1 Å². The predicted octanol–water partition coefficient (Wildman–Crippen LogP) is 12.5. The number of allylic oxidation sites excluding steroid dienone is 1. The summed E-state index contributed by atoms with van der Waals surface area (Å²) >= 11 is 7.78. The topological polar surface area (TPSA) is 0 Å². The van der Waals surface area contributed by atoms with E-state index in [4.69, 9.17) is 0 Å².